The Morgan fingerprint density at radius 2 is 1.88 bits per heavy atom. The van der Waals surface area contributed by atoms with Crippen molar-refractivity contribution in [2.45, 2.75) is 11.8 Å². The Labute approximate surface area is 155 Å². The van der Waals surface area contributed by atoms with E-state index in [-0.39, 0.29) is 38.5 Å². The highest BCUT2D eigenvalue weighted by Gasteiger charge is 2.21. The van der Waals surface area contributed by atoms with Crippen molar-refractivity contribution in [2.24, 2.45) is 0 Å². The number of hydrogen-bond acceptors (Lipinski definition) is 5. The number of rotatable bonds is 6. The van der Waals surface area contributed by atoms with Crippen molar-refractivity contribution in [1.29, 1.82) is 0 Å². The van der Waals surface area contributed by atoms with Crippen LogP contribution in [0.2, 0.25) is 10.0 Å². The first-order valence-electron chi connectivity index (χ1n) is 7.11. The Balaban J connectivity index is 2.40. The van der Waals surface area contributed by atoms with Gasteiger partial charge in [0.1, 0.15) is 10.6 Å². The van der Waals surface area contributed by atoms with Crippen molar-refractivity contribution in [2.75, 3.05) is 18.4 Å². The Bertz CT molecular complexity index is 899. The van der Waals surface area contributed by atoms with Gasteiger partial charge in [-0.2, -0.15) is 0 Å². The molecule has 134 valence electrons. The SMILES string of the molecule is CCOC(=O)c1cc(NS(=O)(=O)c2cc(Cl)ccc2OC)ccc1Cl. The number of carbonyl (C=O) groups is 1. The van der Waals surface area contributed by atoms with Gasteiger partial charge in [-0.05, 0) is 43.3 Å². The standard InChI is InChI=1S/C16H15Cl2NO5S/c1-3-24-16(20)12-9-11(5-6-13(12)18)19-25(21,22)15-8-10(17)4-7-14(15)23-2/h4-9,19H,3H2,1-2H3. The lowest BCUT2D eigenvalue weighted by Crippen LogP contribution is -2.15. The van der Waals surface area contributed by atoms with Gasteiger partial charge >= 0.3 is 5.97 Å². The molecule has 0 atom stereocenters. The van der Waals surface area contributed by atoms with E-state index in [0.717, 1.165) is 0 Å². The molecule has 0 radical (unpaired) electrons. The van der Waals surface area contributed by atoms with E-state index in [2.05, 4.69) is 4.72 Å². The number of sulfonamides is 1. The van der Waals surface area contributed by atoms with Crippen LogP contribution in [0.3, 0.4) is 0 Å². The number of anilines is 1. The highest BCUT2D eigenvalue weighted by Crippen LogP contribution is 2.29. The molecule has 0 heterocycles. The summed E-state index contributed by atoms with van der Waals surface area (Å²) in [6.07, 6.45) is 0. The maximum atomic E-state index is 12.6. The second-order valence-corrected chi connectivity index (χ2v) is 7.31. The van der Waals surface area contributed by atoms with Crippen LogP contribution in [0.25, 0.3) is 0 Å². The van der Waals surface area contributed by atoms with Gasteiger partial charge in [-0.3, -0.25) is 4.72 Å². The van der Waals surface area contributed by atoms with Crippen molar-refractivity contribution in [3.05, 3.63) is 52.0 Å². The van der Waals surface area contributed by atoms with E-state index in [1.165, 1.54) is 43.5 Å². The molecule has 0 amide bonds. The Morgan fingerprint density at radius 1 is 1.16 bits per heavy atom. The Morgan fingerprint density at radius 3 is 2.52 bits per heavy atom. The molecule has 0 aliphatic heterocycles. The summed E-state index contributed by atoms with van der Waals surface area (Å²) in [5, 5.41) is 0.395. The van der Waals surface area contributed by atoms with Crippen LogP contribution in [0.15, 0.2) is 41.3 Å². The zero-order chi connectivity index (χ0) is 18.6. The molecule has 0 aliphatic carbocycles. The number of esters is 1. The fraction of sp³-hybridized carbons (Fsp3) is 0.188. The average molecular weight is 404 g/mol. The minimum Gasteiger partial charge on any atom is -0.495 e. The molecule has 2 rings (SSSR count). The summed E-state index contributed by atoms with van der Waals surface area (Å²) in [5.74, 6) is -0.509. The van der Waals surface area contributed by atoms with Crippen molar-refractivity contribution < 1.29 is 22.7 Å². The monoisotopic (exact) mass is 403 g/mol. The van der Waals surface area contributed by atoms with Crippen LogP contribution in [0.5, 0.6) is 5.75 Å². The highest BCUT2D eigenvalue weighted by molar-refractivity contribution is 7.92. The first kappa shape index (κ1) is 19.4. The number of carbonyl (C=O) groups excluding carboxylic acids is 1. The highest BCUT2D eigenvalue weighted by atomic mass is 35.5. The molecule has 0 saturated heterocycles. The summed E-state index contributed by atoms with van der Waals surface area (Å²) in [6, 6.07) is 8.36. The molecule has 0 bridgehead atoms. The largest absolute Gasteiger partial charge is 0.495 e. The van der Waals surface area contributed by atoms with E-state index in [9.17, 15) is 13.2 Å². The molecular formula is C16H15Cl2NO5S. The lowest BCUT2D eigenvalue weighted by Gasteiger charge is -2.13. The summed E-state index contributed by atoms with van der Waals surface area (Å²) in [6.45, 7) is 1.83. The maximum absolute atomic E-state index is 12.6. The van der Waals surface area contributed by atoms with Gasteiger partial charge in [0.25, 0.3) is 10.0 Å². The first-order chi connectivity index (χ1) is 11.8. The van der Waals surface area contributed by atoms with Gasteiger partial charge < -0.3 is 9.47 Å². The topological polar surface area (TPSA) is 81.7 Å². The van der Waals surface area contributed by atoms with Crippen LogP contribution in [-0.4, -0.2) is 28.1 Å². The Hall–Kier alpha value is -1.96. The average Bonchev–Trinajstić information content (AvgIpc) is 2.56. The molecule has 0 aromatic heterocycles. The fourth-order valence-electron chi connectivity index (χ4n) is 2.02. The van der Waals surface area contributed by atoms with Gasteiger partial charge in [-0.25, -0.2) is 13.2 Å². The molecule has 1 N–H and O–H groups in total. The Kier molecular flexibility index (Phi) is 6.16. The molecule has 2 aromatic rings. The minimum absolute atomic E-state index is 0.0572. The van der Waals surface area contributed by atoms with Crippen LogP contribution >= 0.6 is 23.2 Å². The second kappa shape index (κ2) is 7.95. The molecule has 0 aliphatic rings. The second-order valence-electron chi connectivity index (χ2n) is 4.82. The lowest BCUT2D eigenvalue weighted by molar-refractivity contribution is 0.0526. The van der Waals surface area contributed by atoms with Crippen LogP contribution in [-0.2, 0) is 14.8 Å². The number of ether oxygens (including phenoxy) is 2. The van der Waals surface area contributed by atoms with Gasteiger partial charge in [0.15, 0.2) is 0 Å². The molecular weight excluding hydrogens is 389 g/mol. The smallest absolute Gasteiger partial charge is 0.339 e. The van der Waals surface area contributed by atoms with Gasteiger partial charge in [-0.1, -0.05) is 23.2 Å². The summed E-state index contributed by atoms with van der Waals surface area (Å²) < 4.78 is 37.6. The van der Waals surface area contributed by atoms with Crippen molar-refractivity contribution in [1.82, 2.24) is 0 Å². The number of nitrogens with one attached hydrogen (secondary N) is 1. The van der Waals surface area contributed by atoms with E-state index in [4.69, 9.17) is 32.7 Å². The molecule has 0 fully saturated rings. The number of benzene rings is 2. The third kappa shape index (κ3) is 4.56. The molecule has 0 spiro atoms. The lowest BCUT2D eigenvalue weighted by atomic mass is 10.2. The summed E-state index contributed by atoms with van der Waals surface area (Å²) in [7, 11) is -2.65. The molecule has 25 heavy (non-hydrogen) atoms. The van der Waals surface area contributed by atoms with Crippen LogP contribution in [0.4, 0.5) is 5.69 Å². The van der Waals surface area contributed by atoms with Gasteiger partial charge in [0.2, 0.25) is 0 Å². The first-order valence-corrected chi connectivity index (χ1v) is 9.35. The molecule has 6 nitrogen and oxygen atoms in total. The van der Waals surface area contributed by atoms with Crippen LogP contribution in [0, 0.1) is 0 Å². The molecule has 0 saturated carbocycles. The van der Waals surface area contributed by atoms with Crippen molar-refractivity contribution in [3.63, 3.8) is 0 Å². The van der Waals surface area contributed by atoms with Crippen molar-refractivity contribution >= 4 is 44.9 Å². The number of halogens is 2. The zero-order valence-corrected chi connectivity index (χ0v) is 15.7. The van der Waals surface area contributed by atoms with Crippen molar-refractivity contribution in [3.8, 4) is 5.75 Å². The van der Waals surface area contributed by atoms with E-state index in [0.29, 0.717) is 0 Å². The van der Waals surface area contributed by atoms with Gasteiger partial charge in [0.05, 0.1) is 24.3 Å². The van der Waals surface area contributed by atoms with E-state index in [1.54, 1.807) is 6.92 Å². The third-order valence-corrected chi connectivity index (χ3v) is 5.10. The van der Waals surface area contributed by atoms with E-state index >= 15 is 0 Å². The molecule has 2 aromatic carbocycles. The minimum atomic E-state index is -4.00. The maximum Gasteiger partial charge on any atom is 0.339 e. The van der Waals surface area contributed by atoms with Gasteiger partial charge in [-0.15, -0.1) is 0 Å². The molecule has 0 unspecified atom stereocenters. The predicted octanol–water partition coefficient (Wildman–Crippen LogP) is 3.98. The summed E-state index contributed by atoms with van der Waals surface area (Å²) in [4.78, 5) is 11.7. The van der Waals surface area contributed by atoms with E-state index in [1.807, 2.05) is 0 Å². The fourth-order valence-corrected chi connectivity index (χ4v) is 3.70. The quantitative estimate of drug-likeness (QED) is 0.737. The normalized spacial score (nSPS) is 11.0. The third-order valence-electron chi connectivity index (χ3n) is 3.13. The zero-order valence-electron chi connectivity index (χ0n) is 13.4. The van der Waals surface area contributed by atoms with Gasteiger partial charge in [0, 0.05) is 10.7 Å². The predicted molar refractivity (Wildman–Crippen MR) is 96.2 cm³/mol. The summed E-state index contributed by atoms with van der Waals surface area (Å²) >= 11 is 11.8. The van der Waals surface area contributed by atoms with Crippen LogP contribution in [0.1, 0.15) is 17.3 Å². The summed E-state index contributed by atoms with van der Waals surface area (Å²) in [5.41, 5.74) is 0.205. The molecule has 9 heteroatoms. The number of hydrogen-bond donors (Lipinski definition) is 1. The van der Waals surface area contributed by atoms with Crippen LogP contribution < -0.4 is 9.46 Å². The van der Waals surface area contributed by atoms with E-state index < -0.39 is 16.0 Å². The number of methoxy groups -OCH3 is 1.